The highest BCUT2D eigenvalue weighted by atomic mass is 35.5. The Morgan fingerprint density at radius 1 is 1.20 bits per heavy atom. The quantitative estimate of drug-likeness (QED) is 0.943. The SMILES string of the molecule is Cl.NC1CCCN(Cc2ccn(-c3ccccc3)n2)C1. The van der Waals surface area contributed by atoms with Gasteiger partial charge in [0.1, 0.15) is 0 Å². The zero-order chi connectivity index (χ0) is 13.1. The summed E-state index contributed by atoms with van der Waals surface area (Å²) >= 11 is 0. The van der Waals surface area contributed by atoms with Crippen LogP contribution in [0.15, 0.2) is 42.6 Å². The molecule has 3 rings (SSSR count). The van der Waals surface area contributed by atoms with Crippen molar-refractivity contribution in [1.82, 2.24) is 14.7 Å². The first-order chi connectivity index (χ1) is 9.31. The fourth-order valence-corrected chi connectivity index (χ4v) is 2.63. The lowest BCUT2D eigenvalue weighted by Gasteiger charge is -2.29. The van der Waals surface area contributed by atoms with Crippen molar-refractivity contribution in [2.24, 2.45) is 5.73 Å². The maximum absolute atomic E-state index is 6.01. The third-order valence-electron chi connectivity index (χ3n) is 3.59. The summed E-state index contributed by atoms with van der Waals surface area (Å²) in [6.07, 6.45) is 4.37. The molecule has 1 atom stereocenters. The Labute approximate surface area is 126 Å². The maximum atomic E-state index is 6.01. The van der Waals surface area contributed by atoms with E-state index in [4.69, 9.17) is 5.73 Å². The van der Waals surface area contributed by atoms with Crippen LogP contribution < -0.4 is 5.73 Å². The Hall–Kier alpha value is -1.36. The molecule has 2 aromatic rings. The minimum Gasteiger partial charge on any atom is -0.327 e. The molecule has 2 N–H and O–H groups in total. The van der Waals surface area contributed by atoms with Crippen LogP contribution in [0.25, 0.3) is 5.69 Å². The molecule has 0 spiro atoms. The third-order valence-corrected chi connectivity index (χ3v) is 3.59. The van der Waals surface area contributed by atoms with Gasteiger partial charge < -0.3 is 5.73 Å². The number of hydrogen-bond acceptors (Lipinski definition) is 3. The molecule has 1 aliphatic rings. The van der Waals surface area contributed by atoms with Gasteiger partial charge in [0.25, 0.3) is 0 Å². The first-order valence-electron chi connectivity index (χ1n) is 6.89. The fourth-order valence-electron chi connectivity index (χ4n) is 2.63. The van der Waals surface area contributed by atoms with Crippen molar-refractivity contribution >= 4 is 12.4 Å². The van der Waals surface area contributed by atoms with E-state index < -0.39 is 0 Å². The number of piperidine rings is 1. The van der Waals surface area contributed by atoms with Gasteiger partial charge in [-0.1, -0.05) is 18.2 Å². The van der Waals surface area contributed by atoms with Gasteiger partial charge in [-0.25, -0.2) is 4.68 Å². The van der Waals surface area contributed by atoms with E-state index in [2.05, 4.69) is 28.2 Å². The lowest BCUT2D eigenvalue weighted by atomic mass is 10.1. The van der Waals surface area contributed by atoms with E-state index in [0.717, 1.165) is 37.4 Å². The Morgan fingerprint density at radius 3 is 2.75 bits per heavy atom. The summed E-state index contributed by atoms with van der Waals surface area (Å²) in [5, 5.41) is 4.63. The minimum atomic E-state index is 0. The molecule has 1 fully saturated rings. The lowest BCUT2D eigenvalue weighted by Crippen LogP contribution is -2.42. The summed E-state index contributed by atoms with van der Waals surface area (Å²) in [6, 6.07) is 12.6. The molecular formula is C15H21ClN4. The number of benzene rings is 1. The largest absolute Gasteiger partial charge is 0.327 e. The van der Waals surface area contributed by atoms with Crippen LogP contribution in [0.1, 0.15) is 18.5 Å². The monoisotopic (exact) mass is 292 g/mol. The number of aromatic nitrogens is 2. The molecule has 0 saturated carbocycles. The number of hydrogen-bond donors (Lipinski definition) is 1. The molecule has 1 aromatic carbocycles. The van der Waals surface area contributed by atoms with Gasteiger partial charge in [0.2, 0.25) is 0 Å². The topological polar surface area (TPSA) is 47.1 Å². The number of likely N-dealkylation sites (tertiary alicyclic amines) is 1. The van der Waals surface area contributed by atoms with E-state index in [9.17, 15) is 0 Å². The molecular weight excluding hydrogens is 272 g/mol. The van der Waals surface area contributed by atoms with E-state index in [-0.39, 0.29) is 12.4 Å². The van der Waals surface area contributed by atoms with E-state index >= 15 is 0 Å². The second-order valence-corrected chi connectivity index (χ2v) is 5.22. The van der Waals surface area contributed by atoms with Crippen LogP contribution in [0.2, 0.25) is 0 Å². The van der Waals surface area contributed by atoms with Crippen molar-refractivity contribution in [2.45, 2.75) is 25.4 Å². The number of para-hydroxylation sites is 1. The standard InChI is InChI=1S/C15H20N4.ClH/c16-13-5-4-9-18(11-13)12-14-8-10-19(17-14)15-6-2-1-3-7-15;/h1-3,6-8,10,13H,4-5,9,11-12,16H2;1H. The highest BCUT2D eigenvalue weighted by molar-refractivity contribution is 5.85. The lowest BCUT2D eigenvalue weighted by molar-refractivity contribution is 0.199. The molecule has 0 bridgehead atoms. The number of nitrogens with zero attached hydrogens (tertiary/aromatic N) is 3. The molecule has 1 unspecified atom stereocenters. The zero-order valence-electron chi connectivity index (χ0n) is 11.5. The van der Waals surface area contributed by atoms with Crippen LogP contribution in [0.3, 0.4) is 0 Å². The van der Waals surface area contributed by atoms with Crippen LogP contribution in [0.4, 0.5) is 0 Å². The molecule has 108 valence electrons. The van der Waals surface area contributed by atoms with Crippen LogP contribution in [0.5, 0.6) is 0 Å². The Balaban J connectivity index is 0.00000147. The summed E-state index contributed by atoms with van der Waals surface area (Å²) in [4.78, 5) is 2.39. The van der Waals surface area contributed by atoms with Crippen molar-refractivity contribution in [3.8, 4) is 5.69 Å². The van der Waals surface area contributed by atoms with Crippen molar-refractivity contribution < 1.29 is 0 Å². The van der Waals surface area contributed by atoms with Gasteiger partial charge in [-0.15, -0.1) is 12.4 Å². The molecule has 1 saturated heterocycles. The molecule has 2 heterocycles. The minimum absolute atomic E-state index is 0. The average Bonchev–Trinajstić information content (AvgIpc) is 2.88. The second-order valence-electron chi connectivity index (χ2n) is 5.22. The molecule has 1 aromatic heterocycles. The van der Waals surface area contributed by atoms with Gasteiger partial charge in [0.15, 0.2) is 0 Å². The summed E-state index contributed by atoms with van der Waals surface area (Å²) in [5.74, 6) is 0. The second kappa shape index (κ2) is 6.88. The van der Waals surface area contributed by atoms with E-state index in [1.165, 1.54) is 6.42 Å². The van der Waals surface area contributed by atoms with Gasteiger partial charge in [-0.3, -0.25) is 4.90 Å². The van der Waals surface area contributed by atoms with E-state index in [1.54, 1.807) is 0 Å². The summed E-state index contributed by atoms with van der Waals surface area (Å²) in [5.41, 5.74) is 8.22. The van der Waals surface area contributed by atoms with Crippen LogP contribution in [-0.4, -0.2) is 33.8 Å². The van der Waals surface area contributed by atoms with E-state index in [1.807, 2.05) is 29.1 Å². The van der Waals surface area contributed by atoms with Gasteiger partial charge >= 0.3 is 0 Å². The van der Waals surface area contributed by atoms with Crippen molar-refractivity contribution in [3.05, 3.63) is 48.3 Å². The molecule has 20 heavy (non-hydrogen) atoms. The molecule has 0 aliphatic carbocycles. The highest BCUT2D eigenvalue weighted by Gasteiger charge is 2.17. The van der Waals surface area contributed by atoms with Gasteiger partial charge in [-0.2, -0.15) is 5.10 Å². The van der Waals surface area contributed by atoms with Gasteiger partial charge in [0, 0.05) is 25.3 Å². The fraction of sp³-hybridized carbons (Fsp3) is 0.400. The Bertz CT molecular complexity index is 526. The Morgan fingerprint density at radius 2 is 2.00 bits per heavy atom. The first kappa shape index (κ1) is 15.0. The molecule has 0 amide bonds. The predicted molar refractivity (Wildman–Crippen MR) is 83.3 cm³/mol. The normalized spacial score (nSPS) is 19.6. The molecule has 0 radical (unpaired) electrons. The predicted octanol–water partition coefficient (Wildman–Crippen LogP) is 2.22. The van der Waals surface area contributed by atoms with Crippen LogP contribution >= 0.6 is 12.4 Å². The summed E-state index contributed by atoms with van der Waals surface area (Å²) in [6.45, 7) is 3.01. The Kier molecular flexibility index (Phi) is 5.17. The highest BCUT2D eigenvalue weighted by Crippen LogP contribution is 2.13. The molecule has 5 heteroatoms. The van der Waals surface area contributed by atoms with Crippen molar-refractivity contribution in [3.63, 3.8) is 0 Å². The van der Waals surface area contributed by atoms with Crippen LogP contribution in [-0.2, 0) is 6.54 Å². The zero-order valence-corrected chi connectivity index (χ0v) is 12.3. The van der Waals surface area contributed by atoms with Crippen molar-refractivity contribution in [1.29, 1.82) is 0 Å². The summed E-state index contributed by atoms with van der Waals surface area (Å²) < 4.78 is 1.93. The number of rotatable bonds is 3. The summed E-state index contributed by atoms with van der Waals surface area (Å²) in [7, 11) is 0. The average molecular weight is 293 g/mol. The third kappa shape index (κ3) is 3.60. The van der Waals surface area contributed by atoms with Gasteiger partial charge in [-0.05, 0) is 37.6 Å². The molecule has 4 nitrogen and oxygen atoms in total. The first-order valence-corrected chi connectivity index (χ1v) is 6.89. The number of nitrogens with two attached hydrogens (primary N) is 1. The van der Waals surface area contributed by atoms with E-state index in [0.29, 0.717) is 6.04 Å². The maximum Gasteiger partial charge on any atom is 0.0769 e. The number of halogens is 1. The molecule has 1 aliphatic heterocycles. The van der Waals surface area contributed by atoms with Gasteiger partial charge in [0.05, 0.1) is 11.4 Å². The smallest absolute Gasteiger partial charge is 0.0769 e. The van der Waals surface area contributed by atoms with Crippen LogP contribution in [0, 0.1) is 0 Å². The van der Waals surface area contributed by atoms with Crippen molar-refractivity contribution in [2.75, 3.05) is 13.1 Å².